The summed E-state index contributed by atoms with van der Waals surface area (Å²) in [5.41, 5.74) is 0.715. The lowest BCUT2D eigenvalue weighted by Crippen LogP contribution is -2.37. The van der Waals surface area contributed by atoms with E-state index in [2.05, 4.69) is 24.5 Å². The number of piperidine rings is 1. The highest BCUT2D eigenvalue weighted by Crippen LogP contribution is 2.28. The lowest BCUT2D eigenvalue weighted by Gasteiger charge is -2.22. The van der Waals surface area contributed by atoms with Crippen molar-refractivity contribution in [3.63, 3.8) is 0 Å². The van der Waals surface area contributed by atoms with Gasteiger partial charge < -0.3 is 15.4 Å². The van der Waals surface area contributed by atoms with Crippen LogP contribution in [0.4, 0.5) is 5.69 Å². The van der Waals surface area contributed by atoms with E-state index >= 15 is 0 Å². The number of hydrogen-bond acceptors (Lipinski definition) is 3. The highest BCUT2D eigenvalue weighted by Gasteiger charge is 2.21. The second-order valence-electron chi connectivity index (χ2n) is 5.88. The van der Waals surface area contributed by atoms with Gasteiger partial charge in [0.15, 0.2) is 0 Å². The topological polar surface area (TPSA) is 50.4 Å². The van der Waals surface area contributed by atoms with Crippen LogP contribution in [-0.4, -0.2) is 25.6 Å². The van der Waals surface area contributed by atoms with Crippen LogP contribution < -0.4 is 15.4 Å². The summed E-state index contributed by atoms with van der Waals surface area (Å²) in [7, 11) is 0. The largest absolute Gasteiger partial charge is 0.492 e. The molecule has 0 radical (unpaired) electrons. The molecule has 1 saturated heterocycles. The Labute approximate surface area is 143 Å². The van der Waals surface area contributed by atoms with Crippen LogP contribution in [0.2, 0.25) is 5.02 Å². The van der Waals surface area contributed by atoms with Gasteiger partial charge in [-0.05, 0) is 43.5 Å². The third-order valence-corrected chi connectivity index (χ3v) is 3.73. The van der Waals surface area contributed by atoms with Gasteiger partial charge in [-0.2, -0.15) is 0 Å². The summed E-state index contributed by atoms with van der Waals surface area (Å²) >= 11 is 6.19. The van der Waals surface area contributed by atoms with Crippen LogP contribution >= 0.6 is 24.0 Å². The Morgan fingerprint density at radius 2 is 2.27 bits per heavy atom. The van der Waals surface area contributed by atoms with Crippen molar-refractivity contribution < 1.29 is 9.53 Å². The molecular formula is C16H24Cl2N2O2. The van der Waals surface area contributed by atoms with E-state index in [1.165, 1.54) is 0 Å². The molecule has 0 bridgehead atoms. The summed E-state index contributed by atoms with van der Waals surface area (Å²) in [4.78, 5) is 12.2. The van der Waals surface area contributed by atoms with Crippen LogP contribution in [0.5, 0.6) is 5.75 Å². The molecule has 1 atom stereocenters. The lowest BCUT2D eigenvalue weighted by atomic mass is 9.99. The molecule has 0 aromatic heterocycles. The zero-order chi connectivity index (χ0) is 15.2. The Bertz CT molecular complexity index is 489. The maximum Gasteiger partial charge on any atom is 0.228 e. The smallest absolute Gasteiger partial charge is 0.228 e. The van der Waals surface area contributed by atoms with Crippen molar-refractivity contribution >= 4 is 35.6 Å². The summed E-state index contributed by atoms with van der Waals surface area (Å²) in [5.74, 6) is 1.19. The normalized spacial score (nSPS) is 17.7. The Balaban J connectivity index is 0.00000242. The first kappa shape index (κ1) is 19.1. The molecule has 1 amide bonds. The summed E-state index contributed by atoms with van der Waals surface area (Å²) in [5, 5.41) is 6.69. The van der Waals surface area contributed by atoms with Gasteiger partial charge in [-0.1, -0.05) is 25.4 Å². The van der Waals surface area contributed by atoms with Gasteiger partial charge in [0.2, 0.25) is 5.91 Å². The zero-order valence-electron chi connectivity index (χ0n) is 13.0. The Morgan fingerprint density at radius 1 is 1.50 bits per heavy atom. The summed E-state index contributed by atoms with van der Waals surface area (Å²) < 4.78 is 5.62. The van der Waals surface area contributed by atoms with Crippen molar-refractivity contribution in [2.45, 2.75) is 26.7 Å². The highest BCUT2D eigenvalue weighted by molar-refractivity contribution is 6.32. The fourth-order valence-corrected chi connectivity index (χ4v) is 2.51. The number of halogens is 2. The third kappa shape index (κ3) is 5.67. The molecule has 124 valence electrons. The highest BCUT2D eigenvalue weighted by atomic mass is 35.5. The van der Waals surface area contributed by atoms with Crippen LogP contribution in [0, 0.1) is 11.8 Å². The minimum Gasteiger partial charge on any atom is -0.492 e. The van der Waals surface area contributed by atoms with E-state index in [9.17, 15) is 4.79 Å². The van der Waals surface area contributed by atoms with Crippen molar-refractivity contribution in [1.82, 2.24) is 5.32 Å². The standard InChI is InChI=1S/C16H23ClN2O2.ClH/c1-11(2)10-21-15-6-5-13(8-14(15)17)19-16(20)12-4-3-7-18-9-12;/h5-6,8,11-12,18H,3-4,7,9-10H2,1-2H3,(H,19,20);1H. The predicted molar refractivity (Wildman–Crippen MR) is 93.3 cm³/mol. The minimum absolute atomic E-state index is 0. The molecular weight excluding hydrogens is 323 g/mol. The number of nitrogens with one attached hydrogen (secondary N) is 2. The van der Waals surface area contributed by atoms with Crippen molar-refractivity contribution in [3.8, 4) is 5.75 Å². The molecule has 1 unspecified atom stereocenters. The van der Waals surface area contributed by atoms with E-state index in [0.29, 0.717) is 29.0 Å². The number of benzene rings is 1. The average molecular weight is 347 g/mol. The number of hydrogen-bond donors (Lipinski definition) is 2. The van der Waals surface area contributed by atoms with Crippen LogP contribution in [0.15, 0.2) is 18.2 Å². The van der Waals surface area contributed by atoms with Gasteiger partial charge >= 0.3 is 0 Å². The molecule has 1 aromatic carbocycles. The monoisotopic (exact) mass is 346 g/mol. The SMILES string of the molecule is CC(C)COc1ccc(NC(=O)C2CCCNC2)cc1Cl.Cl. The molecule has 0 spiro atoms. The minimum atomic E-state index is 0. The number of amides is 1. The average Bonchev–Trinajstić information content (AvgIpc) is 2.47. The first-order chi connectivity index (χ1) is 10.1. The summed E-state index contributed by atoms with van der Waals surface area (Å²) in [6.07, 6.45) is 1.98. The molecule has 22 heavy (non-hydrogen) atoms. The molecule has 1 heterocycles. The molecule has 6 heteroatoms. The number of carbonyl (C=O) groups excluding carboxylic acids is 1. The van der Waals surface area contributed by atoms with Crippen LogP contribution in [0.25, 0.3) is 0 Å². The molecule has 0 aliphatic carbocycles. The predicted octanol–water partition coefficient (Wildman–Crippen LogP) is 3.73. The molecule has 1 aliphatic heterocycles. The van der Waals surface area contributed by atoms with Gasteiger partial charge in [0, 0.05) is 12.2 Å². The molecule has 1 fully saturated rings. The first-order valence-corrected chi connectivity index (χ1v) is 7.88. The first-order valence-electron chi connectivity index (χ1n) is 7.50. The third-order valence-electron chi connectivity index (χ3n) is 3.44. The van der Waals surface area contributed by atoms with Crippen molar-refractivity contribution in [1.29, 1.82) is 0 Å². The Morgan fingerprint density at radius 3 is 2.86 bits per heavy atom. The fourth-order valence-electron chi connectivity index (χ4n) is 2.27. The van der Waals surface area contributed by atoms with Crippen molar-refractivity contribution in [3.05, 3.63) is 23.2 Å². The van der Waals surface area contributed by atoms with Crippen LogP contribution in [0.1, 0.15) is 26.7 Å². The molecule has 0 saturated carbocycles. The number of ether oxygens (including phenoxy) is 1. The van der Waals surface area contributed by atoms with Crippen LogP contribution in [-0.2, 0) is 4.79 Å². The van der Waals surface area contributed by atoms with E-state index in [1.54, 1.807) is 12.1 Å². The molecule has 1 aliphatic rings. The van der Waals surface area contributed by atoms with Gasteiger partial charge in [-0.15, -0.1) is 12.4 Å². The second-order valence-corrected chi connectivity index (χ2v) is 6.29. The van der Waals surface area contributed by atoms with Gasteiger partial charge in [0.05, 0.1) is 17.5 Å². The summed E-state index contributed by atoms with van der Waals surface area (Å²) in [6.45, 7) is 6.53. The number of carbonyl (C=O) groups is 1. The van der Waals surface area contributed by atoms with Crippen molar-refractivity contribution in [2.75, 3.05) is 25.0 Å². The van der Waals surface area contributed by atoms with Gasteiger partial charge in [0.1, 0.15) is 5.75 Å². The molecule has 1 aromatic rings. The Hall–Kier alpha value is -0.970. The van der Waals surface area contributed by atoms with Gasteiger partial charge in [-0.25, -0.2) is 0 Å². The maximum atomic E-state index is 12.2. The van der Waals surface area contributed by atoms with Gasteiger partial charge in [-0.3, -0.25) is 4.79 Å². The van der Waals surface area contributed by atoms with E-state index in [-0.39, 0.29) is 24.2 Å². The van der Waals surface area contributed by atoms with Gasteiger partial charge in [0.25, 0.3) is 0 Å². The lowest BCUT2D eigenvalue weighted by molar-refractivity contribution is -0.120. The quantitative estimate of drug-likeness (QED) is 0.853. The van der Waals surface area contributed by atoms with Crippen LogP contribution in [0.3, 0.4) is 0 Å². The van der Waals surface area contributed by atoms with Crippen molar-refractivity contribution in [2.24, 2.45) is 11.8 Å². The zero-order valence-corrected chi connectivity index (χ0v) is 14.6. The van der Waals surface area contributed by atoms with E-state index in [4.69, 9.17) is 16.3 Å². The molecule has 4 nitrogen and oxygen atoms in total. The second kappa shape index (κ2) is 9.23. The van der Waals surface area contributed by atoms with E-state index < -0.39 is 0 Å². The molecule has 2 N–H and O–H groups in total. The maximum absolute atomic E-state index is 12.2. The number of rotatable bonds is 5. The Kier molecular flexibility index (Phi) is 8.01. The number of anilines is 1. The summed E-state index contributed by atoms with van der Waals surface area (Å²) in [6, 6.07) is 5.38. The van der Waals surface area contributed by atoms with E-state index in [1.807, 2.05) is 6.07 Å². The fraction of sp³-hybridized carbons (Fsp3) is 0.562. The van der Waals surface area contributed by atoms with E-state index in [0.717, 1.165) is 25.9 Å². The molecule has 2 rings (SSSR count).